The summed E-state index contributed by atoms with van der Waals surface area (Å²) in [5.74, 6) is 1.60. The van der Waals surface area contributed by atoms with Crippen molar-refractivity contribution in [3.8, 4) is 5.75 Å². The van der Waals surface area contributed by atoms with Crippen molar-refractivity contribution in [2.24, 2.45) is 7.05 Å². The first-order valence-electron chi connectivity index (χ1n) is 6.67. The number of hydrogen-bond acceptors (Lipinski definition) is 3. The highest BCUT2D eigenvalue weighted by Gasteiger charge is 2.10. The number of nitrogens with zero attached hydrogens (tertiary/aromatic N) is 2. The van der Waals surface area contributed by atoms with Crippen LogP contribution < -0.4 is 10.1 Å². The number of aryl methyl sites for hydroxylation is 1. The van der Waals surface area contributed by atoms with Crippen LogP contribution in [0.4, 0.5) is 0 Å². The van der Waals surface area contributed by atoms with Gasteiger partial charge in [-0.25, -0.2) is 4.98 Å². The van der Waals surface area contributed by atoms with Crippen LogP contribution in [0.2, 0.25) is 5.02 Å². The van der Waals surface area contributed by atoms with Crippen LogP contribution in [-0.2, 0) is 20.2 Å². The Morgan fingerprint density at radius 3 is 2.85 bits per heavy atom. The van der Waals surface area contributed by atoms with Gasteiger partial charge in [-0.05, 0) is 6.07 Å². The third-order valence-electron chi connectivity index (χ3n) is 3.02. The Morgan fingerprint density at radius 1 is 1.40 bits per heavy atom. The normalized spacial score (nSPS) is 11.1. The fourth-order valence-corrected chi connectivity index (χ4v) is 2.09. The van der Waals surface area contributed by atoms with Gasteiger partial charge in [-0.15, -0.1) is 0 Å². The summed E-state index contributed by atoms with van der Waals surface area (Å²) in [5, 5.41) is 4.00. The molecule has 0 amide bonds. The third-order valence-corrected chi connectivity index (χ3v) is 3.31. The first kappa shape index (κ1) is 14.9. The van der Waals surface area contributed by atoms with Crippen LogP contribution in [0.5, 0.6) is 5.75 Å². The van der Waals surface area contributed by atoms with E-state index in [1.165, 1.54) is 0 Å². The van der Waals surface area contributed by atoms with Gasteiger partial charge in [0.1, 0.15) is 18.2 Å². The third kappa shape index (κ3) is 3.74. The molecule has 0 bridgehead atoms. The Hall–Kier alpha value is -1.52. The van der Waals surface area contributed by atoms with Crippen molar-refractivity contribution >= 4 is 11.6 Å². The van der Waals surface area contributed by atoms with Gasteiger partial charge in [0.2, 0.25) is 0 Å². The number of nitrogens with one attached hydrogen (secondary N) is 1. The summed E-state index contributed by atoms with van der Waals surface area (Å²) in [6.07, 6.45) is 3.65. The van der Waals surface area contributed by atoms with Crippen LogP contribution in [0, 0.1) is 0 Å². The van der Waals surface area contributed by atoms with Crippen molar-refractivity contribution in [3.05, 3.63) is 47.0 Å². The van der Waals surface area contributed by atoms with Gasteiger partial charge in [0.25, 0.3) is 0 Å². The minimum Gasteiger partial charge on any atom is -0.484 e. The summed E-state index contributed by atoms with van der Waals surface area (Å²) < 4.78 is 7.80. The molecule has 20 heavy (non-hydrogen) atoms. The summed E-state index contributed by atoms with van der Waals surface area (Å²) >= 11 is 6.24. The molecule has 0 aliphatic rings. The number of halogens is 1. The molecule has 5 heteroatoms. The standard InChI is InChI=1S/C15H20ClN3O/c1-11(2)18-9-12-5-4-6-13(16)15(12)20-10-14-17-7-8-19(14)3/h4-8,11,18H,9-10H2,1-3H3. The zero-order valence-corrected chi connectivity index (χ0v) is 12.8. The van der Waals surface area contributed by atoms with Gasteiger partial charge in [0, 0.05) is 37.6 Å². The lowest BCUT2D eigenvalue weighted by atomic mass is 10.2. The number of para-hydroxylation sites is 1. The topological polar surface area (TPSA) is 39.1 Å². The van der Waals surface area contributed by atoms with E-state index in [0.29, 0.717) is 17.7 Å². The largest absolute Gasteiger partial charge is 0.484 e. The molecule has 0 unspecified atom stereocenters. The first-order chi connectivity index (χ1) is 9.58. The summed E-state index contributed by atoms with van der Waals surface area (Å²) in [6, 6.07) is 6.22. The maximum Gasteiger partial charge on any atom is 0.146 e. The lowest BCUT2D eigenvalue weighted by Crippen LogP contribution is -2.22. The smallest absolute Gasteiger partial charge is 0.146 e. The molecule has 1 heterocycles. The molecule has 1 N–H and O–H groups in total. The minimum absolute atomic E-state index is 0.405. The van der Waals surface area contributed by atoms with E-state index in [4.69, 9.17) is 16.3 Å². The van der Waals surface area contributed by atoms with E-state index in [-0.39, 0.29) is 0 Å². The lowest BCUT2D eigenvalue weighted by Gasteiger charge is -2.15. The van der Waals surface area contributed by atoms with Crippen molar-refractivity contribution in [2.45, 2.75) is 33.0 Å². The second-order valence-corrected chi connectivity index (χ2v) is 5.41. The predicted octanol–water partition coefficient (Wildman–Crippen LogP) is 3.15. The molecule has 1 aromatic carbocycles. The molecule has 0 fully saturated rings. The molecule has 0 saturated heterocycles. The van der Waals surface area contributed by atoms with Gasteiger partial charge in [0.05, 0.1) is 5.02 Å². The predicted molar refractivity (Wildman–Crippen MR) is 81.0 cm³/mol. The molecule has 108 valence electrons. The molecule has 0 saturated carbocycles. The molecule has 0 spiro atoms. The fourth-order valence-electron chi connectivity index (χ4n) is 1.84. The van der Waals surface area contributed by atoms with Gasteiger partial charge in [-0.3, -0.25) is 0 Å². The number of hydrogen-bond donors (Lipinski definition) is 1. The van der Waals surface area contributed by atoms with Crippen LogP contribution >= 0.6 is 11.6 Å². The van der Waals surface area contributed by atoms with Crippen molar-refractivity contribution in [3.63, 3.8) is 0 Å². The Kier molecular flexibility index (Phi) is 5.04. The molecule has 2 rings (SSSR count). The maximum atomic E-state index is 6.24. The number of imidazole rings is 1. The number of aromatic nitrogens is 2. The van der Waals surface area contributed by atoms with Crippen molar-refractivity contribution < 1.29 is 4.74 Å². The first-order valence-corrected chi connectivity index (χ1v) is 7.05. The van der Waals surface area contributed by atoms with E-state index in [1.54, 1.807) is 6.20 Å². The average molecular weight is 294 g/mol. The van der Waals surface area contributed by atoms with Gasteiger partial charge in [0.15, 0.2) is 0 Å². The van der Waals surface area contributed by atoms with Crippen LogP contribution in [0.25, 0.3) is 0 Å². The van der Waals surface area contributed by atoms with Crippen LogP contribution in [0.3, 0.4) is 0 Å². The number of benzene rings is 1. The minimum atomic E-state index is 0.405. The average Bonchev–Trinajstić information content (AvgIpc) is 2.81. The molecule has 0 radical (unpaired) electrons. The van der Waals surface area contributed by atoms with Crippen molar-refractivity contribution in [1.29, 1.82) is 0 Å². The molecule has 4 nitrogen and oxygen atoms in total. The Balaban J connectivity index is 2.11. The van der Waals surface area contributed by atoms with E-state index >= 15 is 0 Å². The number of rotatable bonds is 6. The molecule has 0 aliphatic heterocycles. The molecule has 1 aromatic heterocycles. The van der Waals surface area contributed by atoms with E-state index < -0.39 is 0 Å². The van der Waals surface area contributed by atoms with E-state index in [2.05, 4.69) is 24.1 Å². The second-order valence-electron chi connectivity index (χ2n) is 5.01. The maximum absolute atomic E-state index is 6.24. The van der Waals surface area contributed by atoms with Crippen LogP contribution in [0.1, 0.15) is 25.2 Å². The van der Waals surface area contributed by atoms with Gasteiger partial charge in [-0.1, -0.05) is 37.6 Å². The van der Waals surface area contributed by atoms with E-state index in [9.17, 15) is 0 Å². The lowest BCUT2D eigenvalue weighted by molar-refractivity contribution is 0.288. The monoisotopic (exact) mass is 293 g/mol. The van der Waals surface area contributed by atoms with E-state index in [0.717, 1.165) is 23.7 Å². The highest BCUT2D eigenvalue weighted by Crippen LogP contribution is 2.29. The van der Waals surface area contributed by atoms with Crippen molar-refractivity contribution in [2.75, 3.05) is 0 Å². The molecular formula is C15H20ClN3O. The van der Waals surface area contributed by atoms with Crippen LogP contribution in [0.15, 0.2) is 30.6 Å². The molecule has 0 atom stereocenters. The van der Waals surface area contributed by atoms with E-state index in [1.807, 2.05) is 36.0 Å². The molecular weight excluding hydrogens is 274 g/mol. The zero-order valence-electron chi connectivity index (χ0n) is 12.1. The quantitative estimate of drug-likeness (QED) is 0.889. The zero-order chi connectivity index (χ0) is 14.5. The number of ether oxygens (including phenoxy) is 1. The van der Waals surface area contributed by atoms with Gasteiger partial charge >= 0.3 is 0 Å². The Bertz CT molecular complexity index is 566. The summed E-state index contributed by atoms with van der Waals surface area (Å²) in [5.41, 5.74) is 1.06. The summed E-state index contributed by atoms with van der Waals surface area (Å²) in [4.78, 5) is 4.24. The Morgan fingerprint density at radius 2 is 2.20 bits per heavy atom. The fraction of sp³-hybridized carbons (Fsp3) is 0.400. The summed E-state index contributed by atoms with van der Waals surface area (Å²) in [6.45, 7) is 5.36. The van der Waals surface area contributed by atoms with Crippen LogP contribution in [-0.4, -0.2) is 15.6 Å². The summed E-state index contributed by atoms with van der Waals surface area (Å²) in [7, 11) is 1.94. The van der Waals surface area contributed by atoms with Gasteiger partial charge < -0.3 is 14.6 Å². The Labute approximate surface area is 124 Å². The highest BCUT2D eigenvalue weighted by molar-refractivity contribution is 6.32. The second kappa shape index (κ2) is 6.77. The highest BCUT2D eigenvalue weighted by atomic mass is 35.5. The van der Waals surface area contributed by atoms with Gasteiger partial charge in [-0.2, -0.15) is 0 Å². The molecule has 2 aromatic rings. The molecule has 0 aliphatic carbocycles. The van der Waals surface area contributed by atoms with Crippen molar-refractivity contribution in [1.82, 2.24) is 14.9 Å². The SMILES string of the molecule is CC(C)NCc1cccc(Cl)c1OCc1nccn1C.